The first kappa shape index (κ1) is 20.4. The fourth-order valence-electron chi connectivity index (χ4n) is 2.47. The van der Waals surface area contributed by atoms with E-state index in [4.69, 9.17) is 38.0 Å². The van der Waals surface area contributed by atoms with Gasteiger partial charge in [0.15, 0.2) is 0 Å². The smallest absolute Gasteiger partial charge is 0.262 e. The molecule has 0 bridgehead atoms. The molecule has 0 aliphatic carbocycles. The number of hydrogen-bond acceptors (Lipinski definition) is 6. The highest BCUT2D eigenvalue weighted by atomic mass is 35.5. The predicted molar refractivity (Wildman–Crippen MR) is 118 cm³/mol. The Kier molecular flexibility index (Phi) is 6.72. The molecular weight excluding hydrogens is 416 g/mol. The van der Waals surface area contributed by atoms with Crippen LogP contribution in [0, 0.1) is 6.92 Å². The number of hydrogen-bond donors (Lipinski definition) is 1. The molecule has 0 saturated carbocycles. The normalized spacial score (nSPS) is 10.4. The maximum atomic E-state index is 6.04. The van der Waals surface area contributed by atoms with E-state index in [1.165, 1.54) is 11.3 Å². The summed E-state index contributed by atoms with van der Waals surface area (Å²) in [4.78, 5) is 4.61. The van der Waals surface area contributed by atoms with Crippen LogP contribution in [0.15, 0.2) is 42.5 Å². The molecule has 0 radical (unpaired) electrons. The number of ether oxygens (including phenoxy) is 3. The van der Waals surface area contributed by atoms with Crippen LogP contribution in [0.25, 0.3) is 10.6 Å². The number of nitrogens with zero attached hydrogens (tertiary/aromatic N) is 1. The third-order valence-corrected chi connectivity index (χ3v) is 5.50. The summed E-state index contributed by atoms with van der Waals surface area (Å²) in [6, 6.07) is 13.1. The van der Waals surface area contributed by atoms with Gasteiger partial charge in [-0.2, -0.15) is 0 Å². The van der Waals surface area contributed by atoms with E-state index in [0.717, 1.165) is 32.6 Å². The second-order valence-corrected chi connectivity index (χ2v) is 7.63. The molecule has 0 spiro atoms. The van der Waals surface area contributed by atoms with Crippen molar-refractivity contribution in [3.05, 3.63) is 58.7 Å². The molecule has 3 rings (SSSR count). The van der Waals surface area contributed by atoms with Crippen LogP contribution in [0.3, 0.4) is 0 Å². The number of thiocarbonyl (C=S) groups is 1. The van der Waals surface area contributed by atoms with Gasteiger partial charge in [0.2, 0.25) is 0 Å². The van der Waals surface area contributed by atoms with Crippen LogP contribution in [-0.2, 0) is 11.3 Å². The van der Waals surface area contributed by atoms with Gasteiger partial charge in [-0.15, -0.1) is 0 Å². The quantitative estimate of drug-likeness (QED) is 0.502. The molecule has 0 aliphatic heterocycles. The number of aromatic nitrogens is 1. The summed E-state index contributed by atoms with van der Waals surface area (Å²) in [5, 5.41) is 5.65. The highest BCUT2D eigenvalue weighted by Crippen LogP contribution is 2.38. The topological polar surface area (TPSA) is 52.6 Å². The van der Waals surface area contributed by atoms with Crippen LogP contribution in [0.2, 0.25) is 5.02 Å². The van der Waals surface area contributed by atoms with Crippen LogP contribution < -0.4 is 14.8 Å². The van der Waals surface area contributed by atoms with Crippen molar-refractivity contribution >= 4 is 45.3 Å². The highest BCUT2D eigenvalue weighted by molar-refractivity contribution is 7.80. The predicted octanol–water partition coefficient (Wildman–Crippen LogP) is 5.70. The van der Waals surface area contributed by atoms with E-state index in [-0.39, 0.29) is 5.17 Å². The van der Waals surface area contributed by atoms with Crippen molar-refractivity contribution in [3.63, 3.8) is 0 Å². The molecule has 28 heavy (non-hydrogen) atoms. The molecule has 0 aliphatic rings. The molecule has 0 saturated heterocycles. The fraction of sp³-hybridized carbons (Fsp3) is 0.200. The van der Waals surface area contributed by atoms with E-state index in [0.29, 0.717) is 17.4 Å². The first-order valence-electron chi connectivity index (χ1n) is 8.38. The molecule has 1 N–H and O–H groups in total. The van der Waals surface area contributed by atoms with Crippen molar-refractivity contribution in [3.8, 4) is 22.1 Å². The summed E-state index contributed by atoms with van der Waals surface area (Å²) < 4.78 is 16.2. The Labute approximate surface area is 178 Å². The molecule has 5 nitrogen and oxygen atoms in total. The Morgan fingerprint density at radius 3 is 2.57 bits per heavy atom. The number of nitrogens with one attached hydrogen (secondary N) is 1. The average molecular weight is 435 g/mol. The van der Waals surface area contributed by atoms with Gasteiger partial charge in [0.05, 0.1) is 25.5 Å². The Balaban J connectivity index is 1.67. The number of aryl methyl sites for hydroxylation is 1. The molecule has 0 unspecified atom stereocenters. The second-order valence-electron chi connectivity index (χ2n) is 5.83. The van der Waals surface area contributed by atoms with Crippen molar-refractivity contribution in [2.45, 2.75) is 13.5 Å². The van der Waals surface area contributed by atoms with Crippen molar-refractivity contribution in [2.75, 3.05) is 19.5 Å². The number of thiazole rings is 1. The minimum atomic E-state index is 0.289. The van der Waals surface area contributed by atoms with Crippen LogP contribution in [0.5, 0.6) is 11.5 Å². The molecule has 146 valence electrons. The van der Waals surface area contributed by atoms with Gasteiger partial charge >= 0.3 is 0 Å². The SMILES string of the molecule is COc1ccc(COC(=S)Nc2sc(-c3ccc(Cl)cc3OC)nc2C)cc1. The maximum absolute atomic E-state index is 6.04. The van der Waals surface area contributed by atoms with E-state index in [1.54, 1.807) is 20.3 Å². The first-order chi connectivity index (χ1) is 13.5. The van der Waals surface area contributed by atoms with E-state index in [1.807, 2.05) is 43.3 Å². The second kappa shape index (κ2) is 9.23. The zero-order valence-corrected chi connectivity index (χ0v) is 18.0. The van der Waals surface area contributed by atoms with Gasteiger partial charge in [0.1, 0.15) is 28.1 Å². The van der Waals surface area contributed by atoms with Crippen molar-refractivity contribution in [2.24, 2.45) is 0 Å². The Morgan fingerprint density at radius 2 is 1.89 bits per heavy atom. The molecule has 3 aromatic rings. The van der Waals surface area contributed by atoms with E-state index >= 15 is 0 Å². The molecular formula is C20H19ClN2O3S2. The van der Waals surface area contributed by atoms with E-state index in [2.05, 4.69) is 10.3 Å². The summed E-state index contributed by atoms with van der Waals surface area (Å²) in [7, 11) is 3.24. The minimum Gasteiger partial charge on any atom is -0.497 e. The molecule has 0 atom stereocenters. The number of rotatable bonds is 6. The van der Waals surface area contributed by atoms with Crippen LogP contribution in [-0.4, -0.2) is 24.4 Å². The molecule has 2 aromatic carbocycles. The van der Waals surface area contributed by atoms with Crippen LogP contribution in [0.1, 0.15) is 11.3 Å². The van der Waals surface area contributed by atoms with Crippen LogP contribution in [0.4, 0.5) is 5.00 Å². The monoisotopic (exact) mass is 434 g/mol. The molecule has 0 fully saturated rings. The summed E-state index contributed by atoms with van der Waals surface area (Å²) in [5.41, 5.74) is 2.70. The highest BCUT2D eigenvalue weighted by Gasteiger charge is 2.15. The molecule has 8 heteroatoms. The van der Waals surface area contributed by atoms with Gasteiger partial charge in [-0.1, -0.05) is 35.1 Å². The molecule has 1 heterocycles. The standard InChI is InChI=1S/C20H19ClN2O3S2/c1-12-18(23-20(27)26-11-13-4-7-15(24-2)8-5-13)28-19(22-12)16-9-6-14(21)10-17(16)25-3/h4-10H,11H2,1-3H3,(H,23,27). The number of methoxy groups -OCH3 is 2. The number of halogens is 1. The van der Waals surface area contributed by atoms with Crippen LogP contribution >= 0.6 is 35.2 Å². The lowest BCUT2D eigenvalue weighted by atomic mass is 10.2. The summed E-state index contributed by atoms with van der Waals surface area (Å²) >= 11 is 12.8. The Hall–Kier alpha value is -2.35. The Bertz CT molecular complexity index is 974. The third kappa shape index (κ3) is 4.92. The minimum absolute atomic E-state index is 0.289. The maximum Gasteiger partial charge on any atom is 0.262 e. The van der Waals surface area contributed by atoms with Gasteiger partial charge in [-0.3, -0.25) is 0 Å². The number of benzene rings is 2. The van der Waals surface area contributed by atoms with Crippen molar-refractivity contribution in [1.82, 2.24) is 4.98 Å². The fourth-order valence-corrected chi connectivity index (χ4v) is 3.85. The first-order valence-corrected chi connectivity index (χ1v) is 9.98. The summed E-state index contributed by atoms with van der Waals surface area (Å²) in [6.45, 7) is 2.28. The van der Waals surface area contributed by atoms with Gasteiger partial charge in [-0.25, -0.2) is 4.98 Å². The van der Waals surface area contributed by atoms with Crippen molar-refractivity contribution in [1.29, 1.82) is 0 Å². The third-order valence-electron chi connectivity index (χ3n) is 3.94. The van der Waals surface area contributed by atoms with Gasteiger partial charge < -0.3 is 19.5 Å². The Morgan fingerprint density at radius 1 is 1.14 bits per heavy atom. The number of anilines is 1. The van der Waals surface area contributed by atoms with Gasteiger partial charge in [0, 0.05) is 5.02 Å². The average Bonchev–Trinajstić information content (AvgIpc) is 3.06. The lowest BCUT2D eigenvalue weighted by Crippen LogP contribution is -2.12. The summed E-state index contributed by atoms with van der Waals surface area (Å²) in [5.74, 6) is 1.47. The van der Waals surface area contributed by atoms with Gasteiger partial charge in [0.25, 0.3) is 5.17 Å². The van der Waals surface area contributed by atoms with Crippen molar-refractivity contribution < 1.29 is 14.2 Å². The lowest BCUT2D eigenvalue weighted by molar-refractivity contribution is 0.300. The molecule has 0 amide bonds. The largest absolute Gasteiger partial charge is 0.497 e. The zero-order chi connectivity index (χ0) is 20.1. The van der Waals surface area contributed by atoms with E-state index < -0.39 is 0 Å². The zero-order valence-electron chi connectivity index (χ0n) is 15.6. The van der Waals surface area contributed by atoms with Gasteiger partial charge in [-0.05, 0) is 55.0 Å². The molecule has 1 aromatic heterocycles. The summed E-state index contributed by atoms with van der Waals surface area (Å²) in [6.07, 6.45) is 0. The lowest BCUT2D eigenvalue weighted by Gasteiger charge is -2.09. The van der Waals surface area contributed by atoms with E-state index in [9.17, 15) is 0 Å².